The minimum Gasteiger partial charge on any atom is -0.506 e. The molecule has 0 atom stereocenters. The van der Waals surface area contributed by atoms with Gasteiger partial charge in [-0.2, -0.15) is 0 Å². The minimum absolute atomic E-state index is 0.118. The molecule has 1 N–H and O–H groups in total. The summed E-state index contributed by atoms with van der Waals surface area (Å²) in [6, 6.07) is 11.0. The Balaban J connectivity index is 1.74. The van der Waals surface area contributed by atoms with Crippen molar-refractivity contribution in [3.8, 4) is 22.9 Å². The Morgan fingerprint density at radius 2 is 1.76 bits per heavy atom. The van der Waals surface area contributed by atoms with Crippen molar-refractivity contribution in [2.24, 2.45) is 0 Å². The zero-order chi connectivity index (χ0) is 18.0. The third kappa shape index (κ3) is 4.29. The first-order chi connectivity index (χ1) is 11.9. The summed E-state index contributed by atoms with van der Waals surface area (Å²) < 4.78 is 19.7. The molecule has 128 valence electrons. The van der Waals surface area contributed by atoms with E-state index in [1.54, 1.807) is 30.3 Å². The fourth-order valence-electron chi connectivity index (χ4n) is 2.05. The molecule has 4 nitrogen and oxygen atoms in total. The number of phenols is 1. The normalized spacial score (nSPS) is 10.7. The largest absolute Gasteiger partial charge is 0.506 e. The Hall–Kier alpha value is -1.70. The zero-order valence-corrected chi connectivity index (χ0v) is 16.4. The molecule has 0 radical (unpaired) electrons. The van der Waals surface area contributed by atoms with Crippen molar-refractivity contribution in [1.29, 1.82) is 0 Å². The van der Waals surface area contributed by atoms with E-state index in [2.05, 4.69) is 42.1 Å². The summed E-state index contributed by atoms with van der Waals surface area (Å²) in [5, 5.41) is 18.2. The molecule has 0 unspecified atom stereocenters. The number of nitrogens with zero attached hydrogens (tertiary/aromatic N) is 2. The van der Waals surface area contributed by atoms with Crippen molar-refractivity contribution >= 4 is 43.5 Å². The van der Waals surface area contributed by atoms with Gasteiger partial charge in [0.15, 0.2) is 0 Å². The number of hydrogen-bond donors (Lipinski definition) is 1. The molecule has 0 fully saturated rings. The van der Waals surface area contributed by atoms with Crippen LogP contribution in [-0.2, 0) is 6.61 Å². The highest BCUT2D eigenvalue weighted by Crippen LogP contribution is 2.36. The summed E-state index contributed by atoms with van der Waals surface area (Å²) in [5.74, 6) is 0.0398. The van der Waals surface area contributed by atoms with E-state index < -0.39 is 5.82 Å². The third-order valence-corrected chi connectivity index (χ3v) is 4.90. The summed E-state index contributed by atoms with van der Waals surface area (Å²) in [6.45, 7) is 0.156. The Morgan fingerprint density at radius 1 is 1.04 bits per heavy atom. The second kappa shape index (κ2) is 7.68. The van der Waals surface area contributed by atoms with Gasteiger partial charge in [-0.3, -0.25) is 0 Å². The van der Waals surface area contributed by atoms with Crippen LogP contribution in [0.2, 0.25) is 5.02 Å². The number of halogens is 4. The van der Waals surface area contributed by atoms with Crippen LogP contribution in [0.4, 0.5) is 4.39 Å². The fraction of sp³-hybridized carbons (Fsp3) is 0.0588. The minimum atomic E-state index is -0.399. The Kier molecular flexibility index (Phi) is 5.56. The summed E-state index contributed by atoms with van der Waals surface area (Å²) in [4.78, 5) is 0. The van der Waals surface area contributed by atoms with Gasteiger partial charge in [-0.05, 0) is 62.2 Å². The molecular weight excluding hydrogens is 478 g/mol. The van der Waals surface area contributed by atoms with E-state index in [9.17, 15) is 9.50 Å². The second-order valence-electron chi connectivity index (χ2n) is 5.07. The van der Waals surface area contributed by atoms with Crippen LogP contribution in [0.3, 0.4) is 0 Å². The number of aromatic nitrogens is 2. The van der Waals surface area contributed by atoms with Gasteiger partial charge < -0.3 is 9.84 Å². The van der Waals surface area contributed by atoms with Gasteiger partial charge in [-0.15, -0.1) is 10.2 Å². The number of ether oxygens (including phenoxy) is 1. The molecular formula is C17H10Br2ClFN2O2. The Morgan fingerprint density at radius 3 is 2.36 bits per heavy atom. The molecule has 0 bridgehead atoms. The zero-order valence-electron chi connectivity index (χ0n) is 12.5. The van der Waals surface area contributed by atoms with Crippen LogP contribution >= 0.6 is 43.5 Å². The first-order valence-corrected chi connectivity index (χ1v) is 8.99. The number of hydrogen-bond acceptors (Lipinski definition) is 4. The third-order valence-electron chi connectivity index (χ3n) is 3.34. The summed E-state index contributed by atoms with van der Waals surface area (Å²) >= 11 is 12.5. The average Bonchev–Trinajstić information content (AvgIpc) is 2.59. The highest BCUT2D eigenvalue weighted by molar-refractivity contribution is 9.11. The lowest BCUT2D eigenvalue weighted by atomic mass is 10.1. The first-order valence-electron chi connectivity index (χ1n) is 7.03. The lowest BCUT2D eigenvalue weighted by Gasteiger charge is -2.08. The van der Waals surface area contributed by atoms with Crippen LogP contribution in [0.1, 0.15) is 5.56 Å². The van der Waals surface area contributed by atoms with Gasteiger partial charge in [-0.25, -0.2) is 4.39 Å². The molecule has 2 aromatic carbocycles. The van der Waals surface area contributed by atoms with Crippen molar-refractivity contribution in [3.63, 3.8) is 0 Å². The standard InChI is InChI=1S/C17H10Br2ClFN2O2/c18-12-5-10(6-13(19)17(12)24)15-3-4-16(23-22-15)25-8-9-1-2-11(21)7-14(9)20/h1-7,24H,8H2. The maximum absolute atomic E-state index is 13.0. The highest BCUT2D eigenvalue weighted by atomic mass is 79.9. The smallest absolute Gasteiger partial charge is 0.233 e. The number of phenolic OH excluding ortho intramolecular Hbond substituents is 1. The predicted octanol–water partition coefficient (Wildman–Crippen LogP) is 5.75. The lowest BCUT2D eigenvalue weighted by Crippen LogP contribution is -2.00. The maximum Gasteiger partial charge on any atom is 0.233 e. The Bertz CT molecular complexity index is 900. The number of benzene rings is 2. The molecule has 0 aliphatic carbocycles. The second-order valence-corrected chi connectivity index (χ2v) is 7.19. The fourth-order valence-corrected chi connectivity index (χ4v) is 3.46. The van der Waals surface area contributed by atoms with Crippen LogP contribution in [0, 0.1) is 5.82 Å². The molecule has 8 heteroatoms. The van der Waals surface area contributed by atoms with Crippen LogP contribution < -0.4 is 4.74 Å². The van der Waals surface area contributed by atoms with Crippen molar-refractivity contribution in [3.05, 3.63) is 67.8 Å². The molecule has 0 saturated carbocycles. The van der Waals surface area contributed by atoms with Gasteiger partial charge in [0.2, 0.25) is 5.88 Å². The van der Waals surface area contributed by atoms with Gasteiger partial charge in [0, 0.05) is 17.2 Å². The van der Waals surface area contributed by atoms with E-state index in [4.69, 9.17) is 16.3 Å². The summed E-state index contributed by atoms with van der Waals surface area (Å²) in [6.07, 6.45) is 0. The first kappa shape index (κ1) is 18.1. The molecule has 1 heterocycles. The van der Waals surface area contributed by atoms with Crippen molar-refractivity contribution in [1.82, 2.24) is 10.2 Å². The predicted molar refractivity (Wildman–Crippen MR) is 100 cm³/mol. The molecule has 0 aliphatic heterocycles. The van der Waals surface area contributed by atoms with Gasteiger partial charge in [-0.1, -0.05) is 17.7 Å². The molecule has 1 aromatic heterocycles. The SMILES string of the molecule is Oc1c(Br)cc(-c2ccc(OCc3ccc(F)cc3Cl)nn2)cc1Br. The van der Waals surface area contributed by atoms with Crippen molar-refractivity contribution < 1.29 is 14.2 Å². The van der Waals surface area contributed by atoms with Gasteiger partial charge in [0.1, 0.15) is 18.2 Å². The highest BCUT2D eigenvalue weighted by Gasteiger charge is 2.10. The maximum atomic E-state index is 13.0. The molecule has 0 aliphatic rings. The van der Waals surface area contributed by atoms with Gasteiger partial charge >= 0.3 is 0 Å². The van der Waals surface area contributed by atoms with Crippen LogP contribution in [0.5, 0.6) is 11.6 Å². The molecule has 0 spiro atoms. The van der Waals surface area contributed by atoms with E-state index in [0.717, 1.165) is 5.56 Å². The average molecular weight is 489 g/mol. The van der Waals surface area contributed by atoms with E-state index >= 15 is 0 Å². The van der Waals surface area contributed by atoms with E-state index in [1.807, 2.05) is 0 Å². The number of rotatable bonds is 4. The molecule has 0 amide bonds. The van der Waals surface area contributed by atoms with Crippen LogP contribution in [-0.4, -0.2) is 15.3 Å². The monoisotopic (exact) mass is 486 g/mol. The van der Waals surface area contributed by atoms with E-state index in [-0.39, 0.29) is 12.4 Å². The summed E-state index contributed by atoms with van der Waals surface area (Å²) in [7, 11) is 0. The van der Waals surface area contributed by atoms with E-state index in [1.165, 1.54) is 12.1 Å². The summed E-state index contributed by atoms with van der Waals surface area (Å²) in [5.41, 5.74) is 2.05. The van der Waals surface area contributed by atoms with E-state index in [0.29, 0.717) is 31.1 Å². The van der Waals surface area contributed by atoms with Crippen LogP contribution in [0.25, 0.3) is 11.3 Å². The molecule has 0 saturated heterocycles. The van der Waals surface area contributed by atoms with Crippen molar-refractivity contribution in [2.75, 3.05) is 0 Å². The van der Waals surface area contributed by atoms with Gasteiger partial charge in [0.05, 0.1) is 19.7 Å². The molecule has 25 heavy (non-hydrogen) atoms. The lowest BCUT2D eigenvalue weighted by molar-refractivity contribution is 0.290. The quantitative estimate of drug-likeness (QED) is 0.509. The molecule has 3 rings (SSSR count). The Labute approximate surface area is 164 Å². The van der Waals surface area contributed by atoms with Gasteiger partial charge in [0.25, 0.3) is 0 Å². The van der Waals surface area contributed by atoms with Crippen LogP contribution in [0.15, 0.2) is 51.4 Å². The number of aromatic hydroxyl groups is 1. The molecule has 3 aromatic rings. The topological polar surface area (TPSA) is 55.2 Å². The van der Waals surface area contributed by atoms with Crippen molar-refractivity contribution in [2.45, 2.75) is 6.61 Å².